The number of methoxy groups -OCH3 is 1. The Morgan fingerprint density at radius 2 is 1.27 bits per heavy atom. The molecule has 0 aliphatic rings. The summed E-state index contributed by atoms with van der Waals surface area (Å²) in [4.78, 5) is 0. The molecule has 0 amide bonds. The predicted molar refractivity (Wildman–Crippen MR) is 54.1 cm³/mol. The van der Waals surface area contributed by atoms with Crippen molar-refractivity contribution in [2.24, 2.45) is 0 Å². The molecule has 0 aliphatic heterocycles. The van der Waals surface area contributed by atoms with Gasteiger partial charge in [0, 0.05) is 7.11 Å². The van der Waals surface area contributed by atoms with Crippen LogP contribution in [0.3, 0.4) is 0 Å². The van der Waals surface area contributed by atoms with E-state index in [1.807, 2.05) is 27.7 Å². The van der Waals surface area contributed by atoms with Gasteiger partial charge in [-0.1, -0.05) is 34.6 Å². The Bertz CT molecular complexity index is 42.8. The van der Waals surface area contributed by atoms with Crippen LogP contribution in [0.15, 0.2) is 0 Å². The van der Waals surface area contributed by atoms with Gasteiger partial charge in [0.25, 0.3) is 0 Å². The Morgan fingerprint density at radius 3 is 1.27 bits per heavy atom. The van der Waals surface area contributed by atoms with Crippen molar-refractivity contribution >= 4 is 0 Å². The summed E-state index contributed by atoms with van der Waals surface area (Å²) in [6.07, 6.45) is 1.07. The highest BCUT2D eigenvalue weighted by atomic mass is 16.5. The van der Waals surface area contributed by atoms with Gasteiger partial charge in [-0.3, -0.25) is 0 Å². The molecular formula is C10H26O. The van der Waals surface area contributed by atoms with E-state index in [9.17, 15) is 0 Å². The molecule has 0 aromatic heterocycles. The normalized spacial score (nSPS) is 8.73. The van der Waals surface area contributed by atoms with Gasteiger partial charge < -0.3 is 4.74 Å². The lowest BCUT2D eigenvalue weighted by Gasteiger charge is -2.19. The second-order valence-corrected chi connectivity index (χ2v) is 2.32. The van der Waals surface area contributed by atoms with Crippen LogP contribution >= 0.6 is 0 Å². The number of rotatable bonds is 2. The van der Waals surface area contributed by atoms with Crippen molar-refractivity contribution in [1.29, 1.82) is 0 Å². The van der Waals surface area contributed by atoms with E-state index >= 15 is 0 Å². The average Bonchev–Trinajstić information content (AvgIpc) is 2.12. The van der Waals surface area contributed by atoms with Gasteiger partial charge in [-0.15, -0.1) is 0 Å². The fourth-order valence-corrected chi connectivity index (χ4v) is 0.144. The van der Waals surface area contributed by atoms with E-state index in [4.69, 9.17) is 4.74 Å². The summed E-state index contributed by atoms with van der Waals surface area (Å²) in [7, 11) is 1.74. The molecule has 0 unspecified atom stereocenters. The first-order valence-corrected chi connectivity index (χ1v) is 4.67. The third-order valence-electron chi connectivity index (χ3n) is 1.40. The lowest BCUT2D eigenvalue weighted by atomic mass is 10.1. The zero-order chi connectivity index (χ0) is 9.91. The standard InChI is InChI=1S/C6H14O.2C2H6/c1-5-6(2,3)7-4;2*1-2/h5H2,1-4H3;2*1-2H3. The fraction of sp³-hybridized carbons (Fsp3) is 1.00. The quantitative estimate of drug-likeness (QED) is 0.599. The maximum atomic E-state index is 5.09. The zero-order valence-electron chi connectivity index (χ0n) is 9.62. The molecule has 0 N–H and O–H groups in total. The van der Waals surface area contributed by atoms with Crippen molar-refractivity contribution < 1.29 is 4.74 Å². The highest BCUT2D eigenvalue weighted by Gasteiger charge is 2.10. The Balaban J connectivity index is -0.000000138. The summed E-state index contributed by atoms with van der Waals surface area (Å²) in [5, 5.41) is 0. The molecule has 0 saturated heterocycles. The second kappa shape index (κ2) is 12.6. The Hall–Kier alpha value is -0.0400. The molecular weight excluding hydrogens is 136 g/mol. The van der Waals surface area contributed by atoms with Crippen LogP contribution in [-0.4, -0.2) is 12.7 Å². The molecule has 1 nitrogen and oxygen atoms in total. The van der Waals surface area contributed by atoms with Crippen molar-refractivity contribution in [2.75, 3.05) is 7.11 Å². The van der Waals surface area contributed by atoms with Crippen molar-refractivity contribution in [3.8, 4) is 0 Å². The van der Waals surface area contributed by atoms with E-state index < -0.39 is 0 Å². The SMILES string of the molecule is CC.CC.CCC(C)(C)OC. The largest absolute Gasteiger partial charge is 0.379 e. The molecule has 0 aromatic rings. The lowest BCUT2D eigenvalue weighted by Crippen LogP contribution is -2.20. The summed E-state index contributed by atoms with van der Waals surface area (Å²) in [6.45, 7) is 14.3. The van der Waals surface area contributed by atoms with E-state index in [0.717, 1.165) is 6.42 Å². The molecule has 0 radical (unpaired) electrons. The molecule has 0 bridgehead atoms. The highest BCUT2D eigenvalue weighted by Crippen LogP contribution is 2.10. The maximum Gasteiger partial charge on any atom is 0.0620 e. The molecule has 72 valence electrons. The van der Waals surface area contributed by atoms with Gasteiger partial charge in [0.05, 0.1) is 5.60 Å². The molecule has 0 spiro atoms. The van der Waals surface area contributed by atoms with Crippen LogP contribution in [0, 0.1) is 0 Å². The van der Waals surface area contributed by atoms with Gasteiger partial charge in [0.1, 0.15) is 0 Å². The lowest BCUT2D eigenvalue weighted by molar-refractivity contribution is 0.0196. The molecule has 11 heavy (non-hydrogen) atoms. The van der Waals surface area contributed by atoms with Crippen LogP contribution in [0.2, 0.25) is 0 Å². The minimum atomic E-state index is 0.0833. The molecule has 0 rings (SSSR count). The maximum absolute atomic E-state index is 5.09. The molecule has 1 heteroatoms. The van der Waals surface area contributed by atoms with Gasteiger partial charge in [-0.25, -0.2) is 0 Å². The zero-order valence-corrected chi connectivity index (χ0v) is 9.62. The molecule has 0 aromatic carbocycles. The first-order chi connectivity index (χ1) is 5.12. The minimum absolute atomic E-state index is 0.0833. The first-order valence-electron chi connectivity index (χ1n) is 4.67. The van der Waals surface area contributed by atoms with Crippen LogP contribution < -0.4 is 0 Å². The molecule has 0 aliphatic carbocycles. The fourth-order valence-electron chi connectivity index (χ4n) is 0.144. The third kappa shape index (κ3) is 17.8. The van der Waals surface area contributed by atoms with Crippen molar-refractivity contribution in [2.45, 2.75) is 60.5 Å². The van der Waals surface area contributed by atoms with Crippen LogP contribution in [-0.2, 0) is 4.74 Å². The molecule has 0 heterocycles. The predicted octanol–water partition coefficient (Wildman–Crippen LogP) is 3.87. The third-order valence-corrected chi connectivity index (χ3v) is 1.40. The summed E-state index contributed by atoms with van der Waals surface area (Å²) in [5.74, 6) is 0. The summed E-state index contributed by atoms with van der Waals surface area (Å²) in [5.41, 5.74) is 0.0833. The van der Waals surface area contributed by atoms with Gasteiger partial charge in [-0.05, 0) is 20.3 Å². The van der Waals surface area contributed by atoms with Crippen LogP contribution in [0.5, 0.6) is 0 Å². The number of hydrogen-bond acceptors (Lipinski definition) is 1. The van der Waals surface area contributed by atoms with Crippen LogP contribution in [0.25, 0.3) is 0 Å². The second-order valence-electron chi connectivity index (χ2n) is 2.32. The topological polar surface area (TPSA) is 9.23 Å². The molecule has 0 fully saturated rings. The van der Waals surface area contributed by atoms with E-state index in [-0.39, 0.29) is 5.60 Å². The Morgan fingerprint density at radius 1 is 1.00 bits per heavy atom. The highest BCUT2D eigenvalue weighted by molar-refractivity contribution is 4.62. The summed E-state index contributed by atoms with van der Waals surface area (Å²) in [6, 6.07) is 0. The molecule has 0 saturated carbocycles. The number of ether oxygens (including phenoxy) is 1. The first kappa shape index (κ1) is 17.2. The average molecular weight is 162 g/mol. The van der Waals surface area contributed by atoms with E-state index in [1.54, 1.807) is 7.11 Å². The Labute approximate surface area is 73.1 Å². The summed E-state index contributed by atoms with van der Waals surface area (Å²) < 4.78 is 5.09. The van der Waals surface area contributed by atoms with Gasteiger partial charge in [0.15, 0.2) is 0 Å². The van der Waals surface area contributed by atoms with E-state index in [0.29, 0.717) is 0 Å². The van der Waals surface area contributed by atoms with Crippen molar-refractivity contribution in [3.05, 3.63) is 0 Å². The molecule has 0 atom stereocenters. The van der Waals surface area contributed by atoms with Crippen LogP contribution in [0.4, 0.5) is 0 Å². The van der Waals surface area contributed by atoms with Gasteiger partial charge in [-0.2, -0.15) is 0 Å². The minimum Gasteiger partial charge on any atom is -0.379 e. The van der Waals surface area contributed by atoms with Gasteiger partial charge >= 0.3 is 0 Å². The smallest absolute Gasteiger partial charge is 0.0620 e. The van der Waals surface area contributed by atoms with E-state index in [1.165, 1.54) is 0 Å². The van der Waals surface area contributed by atoms with Gasteiger partial charge in [0.2, 0.25) is 0 Å². The Kier molecular flexibility index (Phi) is 19.7. The van der Waals surface area contributed by atoms with E-state index in [2.05, 4.69) is 20.8 Å². The summed E-state index contributed by atoms with van der Waals surface area (Å²) >= 11 is 0. The monoisotopic (exact) mass is 162 g/mol. The van der Waals surface area contributed by atoms with Crippen LogP contribution in [0.1, 0.15) is 54.9 Å². The van der Waals surface area contributed by atoms with Crippen molar-refractivity contribution in [3.63, 3.8) is 0 Å². The van der Waals surface area contributed by atoms with Crippen molar-refractivity contribution in [1.82, 2.24) is 0 Å². The number of hydrogen-bond donors (Lipinski definition) is 0.